The van der Waals surface area contributed by atoms with Crippen LogP contribution in [0.3, 0.4) is 0 Å². The summed E-state index contributed by atoms with van der Waals surface area (Å²) in [5.74, 6) is 4.24. The molecule has 4 heteroatoms. The zero-order valence-electron chi connectivity index (χ0n) is 12.2. The van der Waals surface area contributed by atoms with Gasteiger partial charge in [0.25, 0.3) is 0 Å². The van der Waals surface area contributed by atoms with E-state index >= 15 is 0 Å². The van der Waals surface area contributed by atoms with Crippen LogP contribution in [-0.2, 0) is 4.74 Å². The molecule has 2 aliphatic heterocycles. The number of furan rings is 1. The number of hydrogen-bond acceptors (Lipinski definition) is 4. The first-order chi connectivity index (χ1) is 9.60. The maximum Gasteiger partial charge on any atom is 0.169 e. The fourth-order valence-electron chi connectivity index (χ4n) is 3.44. The summed E-state index contributed by atoms with van der Waals surface area (Å²) in [6.07, 6.45) is 3.91. The Balaban J connectivity index is 1.76. The fourth-order valence-corrected chi connectivity index (χ4v) is 4.68. The summed E-state index contributed by atoms with van der Waals surface area (Å²) in [5.41, 5.74) is 0.742. The van der Waals surface area contributed by atoms with E-state index in [9.17, 15) is 4.79 Å². The summed E-state index contributed by atoms with van der Waals surface area (Å²) in [4.78, 5) is 12.7. The van der Waals surface area contributed by atoms with Crippen molar-refractivity contribution in [2.75, 3.05) is 18.1 Å². The summed E-state index contributed by atoms with van der Waals surface area (Å²) in [6.45, 7) is 4.50. The van der Waals surface area contributed by atoms with Crippen LogP contribution in [0.25, 0.3) is 0 Å². The molecular weight excluding hydrogens is 272 g/mol. The molecule has 0 amide bonds. The summed E-state index contributed by atoms with van der Waals surface area (Å²) < 4.78 is 11.6. The standard InChI is InChI=1S/C16H22O3S/c1-11-9-14(12(2)19-11)15(17)13-3-6-18-16(10-13)4-7-20-8-5-16/h9,13H,3-8,10H2,1-2H3. The van der Waals surface area contributed by atoms with Gasteiger partial charge in [-0.2, -0.15) is 11.8 Å². The molecule has 2 aliphatic rings. The van der Waals surface area contributed by atoms with Crippen LogP contribution in [0.5, 0.6) is 0 Å². The Hall–Kier alpha value is -0.740. The van der Waals surface area contributed by atoms with Gasteiger partial charge in [0.05, 0.1) is 11.2 Å². The normalized spacial score (nSPS) is 25.8. The first kappa shape index (κ1) is 14.2. The lowest BCUT2D eigenvalue weighted by Crippen LogP contribution is -2.44. The Labute approximate surface area is 124 Å². The second-order valence-corrected chi connectivity index (χ2v) is 7.25. The molecule has 20 heavy (non-hydrogen) atoms. The molecule has 3 heterocycles. The van der Waals surface area contributed by atoms with Crippen molar-refractivity contribution in [1.82, 2.24) is 0 Å². The monoisotopic (exact) mass is 294 g/mol. The highest BCUT2D eigenvalue weighted by atomic mass is 32.2. The third-order valence-corrected chi connectivity index (χ3v) is 5.56. The molecule has 1 aromatic heterocycles. The maximum absolute atomic E-state index is 12.7. The number of rotatable bonds is 2. The Bertz CT molecular complexity index is 494. The molecule has 0 saturated carbocycles. The minimum atomic E-state index is -0.0312. The number of aryl methyl sites for hydroxylation is 2. The third kappa shape index (κ3) is 2.68. The van der Waals surface area contributed by atoms with E-state index in [-0.39, 0.29) is 17.3 Å². The quantitative estimate of drug-likeness (QED) is 0.778. The van der Waals surface area contributed by atoms with Gasteiger partial charge in [-0.05, 0) is 57.1 Å². The van der Waals surface area contributed by atoms with E-state index < -0.39 is 0 Å². The summed E-state index contributed by atoms with van der Waals surface area (Å²) in [6, 6.07) is 1.89. The first-order valence-corrected chi connectivity index (χ1v) is 8.58. The molecule has 1 spiro atoms. The van der Waals surface area contributed by atoms with E-state index in [0.29, 0.717) is 0 Å². The van der Waals surface area contributed by atoms with Gasteiger partial charge in [-0.15, -0.1) is 0 Å². The molecule has 3 nitrogen and oxygen atoms in total. The van der Waals surface area contributed by atoms with Crippen molar-refractivity contribution in [3.05, 3.63) is 23.2 Å². The first-order valence-electron chi connectivity index (χ1n) is 7.43. The second-order valence-electron chi connectivity index (χ2n) is 6.02. The molecular formula is C16H22O3S. The molecule has 0 radical (unpaired) electrons. The van der Waals surface area contributed by atoms with Gasteiger partial charge < -0.3 is 9.15 Å². The van der Waals surface area contributed by atoms with E-state index in [2.05, 4.69) is 0 Å². The summed E-state index contributed by atoms with van der Waals surface area (Å²) in [5, 5.41) is 0. The molecule has 1 unspecified atom stereocenters. The topological polar surface area (TPSA) is 39.4 Å². The highest BCUT2D eigenvalue weighted by Gasteiger charge is 2.41. The SMILES string of the molecule is Cc1cc(C(=O)C2CCOC3(CCSCC3)C2)c(C)o1. The second kappa shape index (κ2) is 5.57. The van der Waals surface area contributed by atoms with E-state index in [1.165, 1.54) is 0 Å². The van der Waals surface area contributed by atoms with E-state index in [1.807, 2.05) is 31.7 Å². The number of ether oxygens (including phenoxy) is 1. The molecule has 0 N–H and O–H groups in total. The highest BCUT2D eigenvalue weighted by Crippen LogP contribution is 2.40. The van der Waals surface area contributed by atoms with E-state index in [1.54, 1.807) is 0 Å². The summed E-state index contributed by atoms with van der Waals surface area (Å²) >= 11 is 1.99. The smallest absolute Gasteiger partial charge is 0.169 e. The summed E-state index contributed by atoms with van der Waals surface area (Å²) in [7, 11) is 0. The molecule has 2 saturated heterocycles. The number of carbonyl (C=O) groups excluding carboxylic acids is 1. The van der Waals surface area contributed by atoms with Crippen molar-refractivity contribution >= 4 is 17.5 Å². The molecule has 2 fully saturated rings. The van der Waals surface area contributed by atoms with Gasteiger partial charge in [0.1, 0.15) is 11.5 Å². The van der Waals surface area contributed by atoms with Crippen LogP contribution in [0.2, 0.25) is 0 Å². The molecule has 1 atom stereocenters. The van der Waals surface area contributed by atoms with Gasteiger partial charge in [0.2, 0.25) is 0 Å². The number of thioether (sulfide) groups is 1. The van der Waals surface area contributed by atoms with Crippen molar-refractivity contribution in [2.24, 2.45) is 5.92 Å². The predicted octanol–water partition coefficient (Wildman–Crippen LogP) is 3.77. The van der Waals surface area contributed by atoms with Crippen LogP contribution < -0.4 is 0 Å². The van der Waals surface area contributed by atoms with Crippen molar-refractivity contribution in [1.29, 1.82) is 0 Å². The number of Topliss-reactive ketones (excluding diaryl/α,β-unsaturated/α-hetero) is 1. The maximum atomic E-state index is 12.7. The minimum absolute atomic E-state index is 0.0312. The number of ketones is 1. The minimum Gasteiger partial charge on any atom is -0.466 e. The van der Waals surface area contributed by atoms with Gasteiger partial charge in [0, 0.05) is 12.5 Å². The Morgan fingerprint density at radius 3 is 2.75 bits per heavy atom. The van der Waals surface area contributed by atoms with Crippen molar-refractivity contribution in [3.8, 4) is 0 Å². The third-order valence-electron chi connectivity index (χ3n) is 4.57. The van der Waals surface area contributed by atoms with Crippen LogP contribution >= 0.6 is 11.8 Å². The van der Waals surface area contributed by atoms with Crippen molar-refractivity contribution in [2.45, 2.75) is 45.1 Å². The van der Waals surface area contributed by atoms with Gasteiger partial charge >= 0.3 is 0 Å². The Morgan fingerprint density at radius 2 is 2.10 bits per heavy atom. The van der Waals surface area contributed by atoms with Crippen LogP contribution in [0, 0.1) is 19.8 Å². The highest BCUT2D eigenvalue weighted by molar-refractivity contribution is 7.99. The molecule has 0 aromatic carbocycles. The number of carbonyl (C=O) groups is 1. The fraction of sp³-hybridized carbons (Fsp3) is 0.688. The van der Waals surface area contributed by atoms with Crippen LogP contribution in [0.4, 0.5) is 0 Å². The van der Waals surface area contributed by atoms with Crippen molar-refractivity contribution < 1.29 is 13.9 Å². The Morgan fingerprint density at radius 1 is 1.35 bits per heavy atom. The number of hydrogen-bond donors (Lipinski definition) is 0. The van der Waals surface area contributed by atoms with Gasteiger partial charge in [-0.25, -0.2) is 0 Å². The van der Waals surface area contributed by atoms with Crippen LogP contribution in [0.15, 0.2) is 10.5 Å². The van der Waals surface area contributed by atoms with Gasteiger partial charge in [0.15, 0.2) is 5.78 Å². The molecule has 3 rings (SSSR count). The largest absolute Gasteiger partial charge is 0.466 e. The average Bonchev–Trinajstić information content (AvgIpc) is 2.78. The lowest BCUT2D eigenvalue weighted by atomic mass is 9.79. The van der Waals surface area contributed by atoms with Gasteiger partial charge in [-0.1, -0.05) is 0 Å². The lowest BCUT2D eigenvalue weighted by Gasteiger charge is -2.42. The van der Waals surface area contributed by atoms with Crippen molar-refractivity contribution in [3.63, 3.8) is 0 Å². The zero-order valence-corrected chi connectivity index (χ0v) is 13.1. The van der Waals surface area contributed by atoms with Crippen LogP contribution in [-0.4, -0.2) is 29.5 Å². The van der Waals surface area contributed by atoms with E-state index in [0.717, 1.165) is 60.9 Å². The average molecular weight is 294 g/mol. The van der Waals surface area contributed by atoms with Crippen LogP contribution in [0.1, 0.15) is 47.6 Å². The lowest BCUT2D eigenvalue weighted by molar-refractivity contribution is -0.0959. The Kier molecular flexibility index (Phi) is 3.95. The van der Waals surface area contributed by atoms with E-state index in [4.69, 9.17) is 9.15 Å². The van der Waals surface area contributed by atoms with Gasteiger partial charge in [-0.3, -0.25) is 4.79 Å². The molecule has 110 valence electrons. The molecule has 0 bridgehead atoms. The predicted molar refractivity (Wildman–Crippen MR) is 80.5 cm³/mol. The molecule has 0 aliphatic carbocycles. The zero-order chi connectivity index (χ0) is 14.2. The molecule has 1 aromatic rings.